The van der Waals surface area contributed by atoms with Crippen LogP contribution in [0.3, 0.4) is 0 Å². The van der Waals surface area contributed by atoms with E-state index in [1.54, 1.807) is 18.9 Å². The number of benzene rings is 2. The number of nitrogens with one attached hydrogen (secondary N) is 1. The van der Waals surface area contributed by atoms with Gasteiger partial charge in [-0.15, -0.1) is 10.2 Å². The Kier molecular flexibility index (Phi) is 7.52. The molecule has 7 heteroatoms. The first kappa shape index (κ1) is 21.9. The average Bonchev–Trinajstić information content (AvgIpc) is 3.17. The lowest BCUT2D eigenvalue weighted by atomic mass is 10.2. The molecule has 2 aromatic carbocycles. The van der Waals surface area contributed by atoms with Gasteiger partial charge < -0.3 is 10.1 Å². The number of rotatable bonds is 9. The van der Waals surface area contributed by atoms with Crippen LogP contribution in [0.5, 0.6) is 5.75 Å². The Hall–Kier alpha value is -2.80. The third kappa shape index (κ3) is 5.42. The first-order valence-corrected chi connectivity index (χ1v) is 11.1. The number of carbonyl (C=O) groups excluding carboxylic acids is 1. The number of amides is 1. The molecule has 1 unspecified atom stereocenters. The van der Waals surface area contributed by atoms with Gasteiger partial charge in [-0.1, -0.05) is 48.5 Å². The summed E-state index contributed by atoms with van der Waals surface area (Å²) in [5.41, 5.74) is 3.30. The fraction of sp³-hybridized carbons (Fsp3) is 0.348. The summed E-state index contributed by atoms with van der Waals surface area (Å²) in [6.45, 7) is 5.99. The lowest BCUT2D eigenvalue weighted by Gasteiger charge is -2.16. The molecular weight excluding hydrogens is 396 g/mol. The summed E-state index contributed by atoms with van der Waals surface area (Å²) in [7, 11) is 1.67. The highest BCUT2D eigenvalue weighted by atomic mass is 32.2. The molecule has 0 spiro atoms. The van der Waals surface area contributed by atoms with Crippen molar-refractivity contribution >= 4 is 17.7 Å². The quantitative estimate of drug-likeness (QED) is 0.497. The van der Waals surface area contributed by atoms with E-state index in [1.807, 2.05) is 36.6 Å². The molecule has 158 valence electrons. The summed E-state index contributed by atoms with van der Waals surface area (Å²) in [5.74, 6) is 2.31. The van der Waals surface area contributed by atoms with Crippen molar-refractivity contribution in [2.45, 2.75) is 50.6 Å². The van der Waals surface area contributed by atoms with E-state index >= 15 is 0 Å². The number of ether oxygens (including phenoxy) is 1. The maximum absolute atomic E-state index is 12.1. The number of nitrogens with zero attached hydrogens (tertiary/aromatic N) is 3. The topological polar surface area (TPSA) is 69.0 Å². The maximum Gasteiger partial charge on any atom is 0.220 e. The third-order valence-corrected chi connectivity index (χ3v) is 5.69. The molecule has 0 aliphatic rings. The van der Waals surface area contributed by atoms with Gasteiger partial charge in [0.1, 0.15) is 5.75 Å². The second-order valence-corrected chi connectivity index (χ2v) is 8.13. The van der Waals surface area contributed by atoms with Crippen LogP contribution in [0.1, 0.15) is 49.7 Å². The van der Waals surface area contributed by atoms with Crippen LogP contribution in [0.25, 0.3) is 5.69 Å². The van der Waals surface area contributed by atoms with Crippen LogP contribution >= 0.6 is 11.8 Å². The molecule has 1 heterocycles. The zero-order valence-electron chi connectivity index (χ0n) is 17.9. The molecule has 6 nitrogen and oxygen atoms in total. The largest absolute Gasteiger partial charge is 0.497 e. The summed E-state index contributed by atoms with van der Waals surface area (Å²) >= 11 is 1.61. The monoisotopic (exact) mass is 424 g/mol. The molecule has 3 rings (SSSR count). The first-order chi connectivity index (χ1) is 14.5. The van der Waals surface area contributed by atoms with Gasteiger partial charge in [-0.2, -0.15) is 0 Å². The maximum atomic E-state index is 12.1. The second kappa shape index (κ2) is 10.3. The van der Waals surface area contributed by atoms with Crippen LogP contribution < -0.4 is 10.1 Å². The Morgan fingerprint density at radius 1 is 1.20 bits per heavy atom. The van der Waals surface area contributed by atoms with Crippen LogP contribution in [-0.2, 0) is 10.5 Å². The molecule has 1 aromatic heterocycles. The van der Waals surface area contributed by atoms with Crippen molar-refractivity contribution in [1.82, 2.24) is 20.1 Å². The van der Waals surface area contributed by atoms with Gasteiger partial charge in [-0.3, -0.25) is 9.36 Å². The van der Waals surface area contributed by atoms with Gasteiger partial charge in [0.2, 0.25) is 5.91 Å². The summed E-state index contributed by atoms with van der Waals surface area (Å²) in [6.07, 6.45) is 1.31. The minimum atomic E-state index is -0.246. The highest BCUT2D eigenvalue weighted by Gasteiger charge is 2.21. The number of hydrogen-bond donors (Lipinski definition) is 1. The van der Waals surface area contributed by atoms with E-state index in [0.29, 0.717) is 6.42 Å². The van der Waals surface area contributed by atoms with Crippen LogP contribution in [-0.4, -0.2) is 27.8 Å². The third-order valence-electron chi connectivity index (χ3n) is 4.69. The van der Waals surface area contributed by atoms with Crippen LogP contribution in [0, 0.1) is 6.92 Å². The molecule has 0 bridgehead atoms. The number of aryl methyl sites for hydroxylation is 1. The standard InChI is InChI=1S/C23H28N4O2S/c1-5-7-21(28)24-17(3)22-25-26-23(27(22)19-12-10-16(2)11-13-19)30-15-18-8-6-9-20(14-18)29-4/h6,8-14,17H,5,7,15H2,1-4H3,(H,24,28). The molecule has 3 aromatic rings. The Morgan fingerprint density at radius 2 is 1.97 bits per heavy atom. The summed E-state index contributed by atoms with van der Waals surface area (Å²) in [5, 5.41) is 12.7. The number of thioether (sulfide) groups is 1. The Labute approximate surface area is 182 Å². The Morgan fingerprint density at radius 3 is 2.67 bits per heavy atom. The summed E-state index contributed by atoms with van der Waals surface area (Å²) in [4.78, 5) is 12.1. The van der Waals surface area contributed by atoms with Gasteiger partial charge in [-0.05, 0) is 50.1 Å². The second-order valence-electron chi connectivity index (χ2n) is 7.19. The molecule has 0 aliphatic carbocycles. The predicted molar refractivity (Wildman–Crippen MR) is 120 cm³/mol. The molecule has 30 heavy (non-hydrogen) atoms. The lowest BCUT2D eigenvalue weighted by Crippen LogP contribution is -2.28. The van der Waals surface area contributed by atoms with Crippen molar-refractivity contribution in [1.29, 1.82) is 0 Å². The highest BCUT2D eigenvalue weighted by Crippen LogP contribution is 2.28. The number of methoxy groups -OCH3 is 1. The molecule has 1 atom stereocenters. The number of aromatic nitrogens is 3. The van der Waals surface area contributed by atoms with E-state index < -0.39 is 0 Å². The van der Waals surface area contributed by atoms with Gasteiger partial charge in [0.25, 0.3) is 0 Å². The summed E-state index contributed by atoms with van der Waals surface area (Å²) in [6, 6.07) is 16.0. The Bertz CT molecular complexity index is 985. The fourth-order valence-corrected chi connectivity index (χ4v) is 4.01. The van der Waals surface area contributed by atoms with Crippen molar-refractivity contribution in [2.24, 2.45) is 0 Å². The Balaban J connectivity index is 1.89. The number of carbonyl (C=O) groups is 1. The number of hydrogen-bond acceptors (Lipinski definition) is 5. The normalized spacial score (nSPS) is 11.9. The molecule has 0 saturated carbocycles. The molecule has 0 saturated heterocycles. The van der Waals surface area contributed by atoms with Gasteiger partial charge in [0.15, 0.2) is 11.0 Å². The van der Waals surface area contributed by atoms with Gasteiger partial charge in [-0.25, -0.2) is 0 Å². The lowest BCUT2D eigenvalue weighted by molar-refractivity contribution is -0.121. The van der Waals surface area contributed by atoms with E-state index in [0.717, 1.165) is 40.2 Å². The fourth-order valence-electron chi connectivity index (χ4n) is 3.11. The van der Waals surface area contributed by atoms with Crippen molar-refractivity contribution in [3.05, 3.63) is 65.5 Å². The summed E-state index contributed by atoms with van der Waals surface area (Å²) < 4.78 is 7.35. The van der Waals surface area contributed by atoms with E-state index in [4.69, 9.17) is 4.74 Å². The SMILES string of the molecule is CCCC(=O)NC(C)c1nnc(SCc2cccc(OC)c2)n1-c1ccc(C)cc1. The first-order valence-electron chi connectivity index (χ1n) is 10.1. The van der Waals surface area contributed by atoms with Gasteiger partial charge in [0.05, 0.1) is 13.2 Å². The van der Waals surface area contributed by atoms with E-state index in [2.05, 4.69) is 52.8 Å². The molecular formula is C23H28N4O2S. The van der Waals surface area contributed by atoms with Crippen molar-refractivity contribution < 1.29 is 9.53 Å². The van der Waals surface area contributed by atoms with E-state index in [1.165, 1.54) is 5.56 Å². The van der Waals surface area contributed by atoms with Crippen molar-refractivity contribution in [2.75, 3.05) is 7.11 Å². The van der Waals surface area contributed by atoms with Crippen LogP contribution in [0.2, 0.25) is 0 Å². The van der Waals surface area contributed by atoms with Gasteiger partial charge >= 0.3 is 0 Å². The predicted octanol–water partition coefficient (Wildman–Crippen LogP) is 4.85. The minimum absolute atomic E-state index is 0.0223. The van der Waals surface area contributed by atoms with E-state index in [9.17, 15) is 4.79 Å². The molecule has 1 amide bonds. The van der Waals surface area contributed by atoms with Crippen LogP contribution in [0.15, 0.2) is 53.7 Å². The van der Waals surface area contributed by atoms with Gasteiger partial charge in [0, 0.05) is 17.9 Å². The molecule has 1 N–H and O–H groups in total. The minimum Gasteiger partial charge on any atom is -0.497 e. The van der Waals surface area contributed by atoms with Crippen molar-refractivity contribution in [3.63, 3.8) is 0 Å². The van der Waals surface area contributed by atoms with Crippen LogP contribution in [0.4, 0.5) is 0 Å². The van der Waals surface area contributed by atoms with Crippen molar-refractivity contribution in [3.8, 4) is 11.4 Å². The average molecular weight is 425 g/mol. The smallest absolute Gasteiger partial charge is 0.220 e. The zero-order valence-corrected chi connectivity index (χ0v) is 18.7. The zero-order chi connectivity index (χ0) is 21.5. The highest BCUT2D eigenvalue weighted by molar-refractivity contribution is 7.98. The molecule has 0 aliphatic heterocycles. The molecule has 0 radical (unpaired) electrons. The van der Waals surface area contributed by atoms with E-state index in [-0.39, 0.29) is 11.9 Å². The molecule has 0 fully saturated rings.